The predicted octanol–water partition coefficient (Wildman–Crippen LogP) is 3.68. The van der Waals surface area contributed by atoms with Gasteiger partial charge in [0.15, 0.2) is 0 Å². The van der Waals surface area contributed by atoms with E-state index < -0.39 is 17.8 Å². The number of hydrogen-bond donors (Lipinski definition) is 1. The second kappa shape index (κ2) is 10.5. The summed E-state index contributed by atoms with van der Waals surface area (Å²) < 4.78 is 17.0. The monoisotopic (exact) mass is 433 g/mol. The number of amides is 1. The van der Waals surface area contributed by atoms with Crippen LogP contribution in [0.15, 0.2) is 30.3 Å². The topological polar surface area (TPSA) is 85.3 Å². The molecule has 2 atom stereocenters. The molecule has 1 aromatic carbocycles. The Morgan fingerprint density at radius 3 is 2.42 bits per heavy atom. The molecule has 1 aliphatic carbocycles. The maximum atomic E-state index is 12.5. The lowest BCUT2D eigenvalue weighted by atomic mass is 9.87. The molecule has 1 amide bonds. The highest BCUT2D eigenvalue weighted by molar-refractivity contribution is 5.73. The van der Waals surface area contributed by atoms with E-state index in [1.807, 2.05) is 51.1 Å². The number of β-amino-alcohol motifs (C(OH)–C–C–N with tert-alkyl or cyclic N) is 1. The Bertz CT molecular complexity index is 723. The largest absolute Gasteiger partial charge is 0.460 e. The van der Waals surface area contributed by atoms with Crippen LogP contribution in [0.4, 0.5) is 4.79 Å². The van der Waals surface area contributed by atoms with Gasteiger partial charge in [-0.05, 0) is 58.4 Å². The SMILES string of the molecule is CC(C)(C)OC(=O)C1CCC(OC[C@@H]2C[C@H](O)CN2C(=O)OCc2ccccc2)CC1. The van der Waals surface area contributed by atoms with E-state index in [2.05, 4.69) is 0 Å². The minimum Gasteiger partial charge on any atom is -0.460 e. The summed E-state index contributed by atoms with van der Waals surface area (Å²) in [6.07, 6.45) is 2.61. The molecular weight excluding hydrogens is 398 g/mol. The number of aliphatic hydroxyl groups excluding tert-OH is 1. The molecule has 1 saturated carbocycles. The number of esters is 1. The second-order valence-corrected chi connectivity index (χ2v) is 9.58. The number of hydrogen-bond acceptors (Lipinski definition) is 6. The number of aliphatic hydroxyl groups is 1. The first kappa shape index (κ1) is 23.5. The molecule has 31 heavy (non-hydrogen) atoms. The quantitative estimate of drug-likeness (QED) is 0.689. The summed E-state index contributed by atoms with van der Waals surface area (Å²) in [7, 11) is 0. The summed E-state index contributed by atoms with van der Waals surface area (Å²) in [5.74, 6) is -0.200. The van der Waals surface area contributed by atoms with Crippen molar-refractivity contribution < 1.29 is 28.9 Å². The fraction of sp³-hybridized carbons (Fsp3) is 0.667. The maximum absolute atomic E-state index is 12.5. The van der Waals surface area contributed by atoms with E-state index in [1.165, 1.54) is 0 Å². The first-order valence-electron chi connectivity index (χ1n) is 11.2. The summed E-state index contributed by atoms with van der Waals surface area (Å²) in [6.45, 7) is 6.46. The number of likely N-dealkylation sites (tertiary alicyclic amines) is 1. The highest BCUT2D eigenvalue weighted by atomic mass is 16.6. The smallest absolute Gasteiger partial charge is 0.410 e. The molecule has 0 bridgehead atoms. The van der Waals surface area contributed by atoms with Crippen LogP contribution in [-0.4, -0.2) is 59.1 Å². The van der Waals surface area contributed by atoms with Gasteiger partial charge >= 0.3 is 12.1 Å². The maximum Gasteiger partial charge on any atom is 0.410 e. The van der Waals surface area contributed by atoms with Crippen molar-refractivity contribution in [3.8, 4) is 0 Å². The fourth-order valence-electron chi connectivity index (χ4n) is 4.17. The molecule has 0 radical (unpaired) electrons. The van der Waals surface area contributed by atoms with Crippen LogP contribution in [0.5, 0.6) is 0 Å². The van der Waals surface area contributed by atoms with Gasteiger partial charge in [-0.3, -0.25) is 4.79 Å². The zero-order valence-corrected chi connectivity index (χ0v) is 18.8. The van der Waals surface area contributed by atoms with Gasteiger partial charge in [-0.25, -0.2) is 4.79 Å². The minimum atomic E-state index is -0.569. The van der Waals surface area contributed by atoms with Gasteiger partial charge in [-0.1, -0.05) is 30.3 Å². The van der Waals surface area contributed by atoms with Gasteiger partial charge in [0.2, 0.25) is 0 Å². The summed E-state index contributed by atoms with van der Waals surface area (Å²) in [5, 5.41) is 10.1. The Labute approximate surface area is 184 Å². The second-order valence-electron chi connectivity index (χ2n) is 9.58. The average Bonchev–Trinajstić information content (AvgIpc) is 3.11. The van der Waals surface area contributed by atoms with Gasteiger partial charge in [0.25, 0.3) is 0 Å². The number of rotatable bonds is 6. The van der Waals surface area contributed by atoms with Crippen LogP contribution < -0.4 is 0 Å². The van der Waals surface area contributed by atoms with Crippen LogP contribution >= 0.6 is 0 Å². The molecule has 3 rings (SSSR count). The lowest BCUT2D eigenvalue weighted by Crippen LogP contribution is -2.40. The van der Waals surface area contributed by atoms with Gasteiger partial charge in [0, 0.05) is 0 Å². The third-order valence-electron chi connectivity index (χ3n) is 5.77. The van der Waals surface area contributed by atoms with Gasteiger partial charge < -0.3 is 24.2 Å². The third kappa shape index (κ3) is 7.21. The fourth-order valence-corrected chi connectivity index (χ4v) is 4.17. The minimum absolute atomic E-state index is 0.0543. The summed E-state index contributed by atoms with van der Waals surface area (Å²) >= 11 is 0. The summed E-state index contributed by atoms with van der Waals surface area (Å²) in [6, 6.07) is 9.31. The Hall–Kier alpha value is -2.12. The van der Waals surface area contributed by atoms with Crippen molar-refractivity contribution >= 4 is 12.1 Å². The lowest BCUT2D eigenvalue weighted by molar-refractivity contribution is -0.162. The van der Waals surface area contributed by atoms with Gasteiger partial charge in [-0.15, -0.1) is 0 Å². The van der Waals surface area contributed by atoms with Crippen LogP contribution in [0, 0.1) is 5.92 Å². The van der Waals surface area contributed by atoms with Crippen molar-refractivity contribution in [3.63, 3.8) is 0 Å². The Morgan fingerprint density at radius 1 is 1.10 bits per heavy atom. The molecule has 172 valence electrons. The van der Waals surface area contributed by atoms with Gasteiger partial charge in [0.1, 0.15) is 12.2 Å². The van der Waals surface area contributed by atoms with Gasteiger partial charge in [0.05, 0.1) is 37.3 Å². The molecule has 1 aromatic rings. The molecule has 0 spiro atoms. The first-order valence-corrected chi connectivity index (χ1v) is 11.2. The van der Waals surface area contributed by atoms with Crippen LogP contribution in [0.25, 0.3) is 0 Å². The van der Waals surface area contributed by atoms with E-state index in [0.29, 0.717) is 13.0 Å². The Morgan fingerprint density at radius 2 is 1.77 bits per heavy atom. The molecule has 0 aromatic heterocycles. The Kier molecular flexibility index (Phi) is 7.94. The number of ether oxygens (including phenoxy) is 3. The zero-order chi connectivity index (χ0) is 22.4. The summed E-state index contributed by atoms with van der Waals surface area (Å²) in [5.41, 5.74) is 0.455. The predicted molar refractivity (Wildman–Crippen MR) is 115 cm³/mol. The van der Waals surface area contributed by atoms with E-state index in [4.69, 9.17) is 14.2 Å². The van der Waals surface area contributed by atoms with Crippen LogP contribution in [0.1, 0.15) is 58.4 Å². The number of carbonyl (C=O) groups is 2. The molecule has 2 aliphatic rings. The van der Waals surface area contributed by atoms with Crippen LogP contribution in [-0.2, 0) is 25.6 Å². The summed E-state index contributed by atoms with van der Waals surface area (Å²) in [4.78, 5) is 26.4. The van der Waals surface area contributed by atoms with Gasteiger partial charge in [-0.2, -0.15) is 0 Å². The van der Waals surface area contributed by atoms with E-state index in [-0.39, 0.29) is 37.2 Å². The van der Waals surface area contributed by atoms with Crippen molar-refractivity contribution in [1.82, 2.24) is 4.90 Å². The van der Waals surface area contributed by atoms with Crippen LogP contribution in [0.3, 0.4) is 0 Å². The number of nitrogens with zero attached hydrogens (tertiary/aromatic N) is 1. The van der Waals surface area contributed by atoms with Crippen LogP contribution in [0.2, 0.25) is 0 Å². The molecule has 7 heteroatoms. The highest BCUT2D eigenvalue weighted by Gasteiger charge is 2.37. The standard InChI is InChI=1S/C24H35NO6/c1-24(2,3)31-22(27)18-9-11-21(12-10-18)29-16-19-13-20(26)14-25(19)23(28)30-15-17-7-5-4-6-8-17/h4-8,18-21,26H,9-16H2,1-3H3/t18?,19-,20-,21?/m0/s1. The molecule has 1 aliphatic heterocycles. The molecule has 1 N–H and O–H groups in total. The molecule has 1 saturated heterocycles. The van der Waals surface area contributed by atoms with Crippen molar-refractivity contribution in [2.24, 2.45) is 5.92 Å². The molecule has 7 nitrogen and oxygen atoms in total. The Balaban J connectivity index is 1.43. The molecular formula is C24H35NO6. The molecule has 2 fully saturated rings. The third-order valence-corrected chi connectivity index (χ3v) is 5.77. The number of benzene rings is 1. The zero-order valence-electron chi connectivity index (χ0n) is 18.8. The van der Waals surface area contributed by atoms with Crippen molar-refractivity contribution in [1.29, 1.82) is 0 Å². The van der Waals surface area contributed by atoms with E-state index in [0.717, 1.165) is 31.2 Å². The van der Waals surface area contributed by atoms with E-state index in [1.54, 1.807) is 4.90 Å². The molecule has 0 unspecified atom stereocenters. The average molecular weight is 434 g/mol. The normalized spacial score (nSPS) is 26.5. The van der Waals surface area contributed by atoms with Crippen molar-refractivity contribution in [2.45, 2.75) is 83.3 Å². The lowest BCUT2D eigenvalue weighted by Gasteiger charge is -2.31. The first-order chi connectivity index (χ1) is 14.7. The highest BCUT2D eigenvalue weighted by Crippen LogP contribution is 2.29. The van der Waals surface area contributed by atoms with E-state index >= 15 is 0 Å². The molecule has 1 heterocycles. The van der Waals surface area contributed by atoms with Crippen molar-refractivity contribution in [3.05, 3.63) is 35.9 Å². The number of carbonyl (C=O) groups excluding carboxylic acids is 2. The van der Waals surface area contributed by atoms with E-state index in [9.17, 15) is 14.7 Å². The van der Waals surface area contributed by atoms with Crippen molar-refractivity contribution in [2.75, 3.05) is 13.2 Å².